The van der Waals surface area contributed by atoms with Gasteiger partial charge in [-0.05, 0) is 38.1 Å². The van der Waals surface area contributed by atoms with Gasteiger partial charge in [0.25, 0.3) is 11.8 Å². The van der Waals surface area contributed by atoms with E-state index in [9.17, 15) is 32.3 Å². The van der Waals surface area contributed by atoms with E-state index < -0.39 is 47.0 Å². The molecule has 2 aliphatic heterocycles. The molecule has 1 saturated heterocycles. The third-order valence-corrected chi connectivity index (χ3v) is 6.07. The van der Waals surface area contributed by atoms with Crippen molar-refractivity contribution in [2.75, 3.05) is 19.6 Å². The number of hydrogen-bond donors (Lipinski definition) is 2. The van der Waals surface area contributed by atoms with Crippen LogP contribution in [0.25, 0.3) is 5.57 Å². The van der Waals surface area contributed by atoms with Gasteiger partial charge in [-0.2, -0.15) is 13.2 Å². The largest absolute Gasteiger partial charge is 0.420 e. The van der Waals surface area contributed by atoms with Gasteiger partial charge in [0, 0.05) is 24.7 Å². The number of halogens is 4. The molecule has 0 radical (unpaired) electrons. The summed E-state index contributed by atoms with van der Waals surface area (Å²) >= 11 is 0. The van der Waals surface area contributed by atoms with Crippen molar-refractivity contribution in [3.8, 4) is 0 Å². The van der Waals surface area contributed by atoms with E-state index in [1.807, 2.05) is 0 Å². The van der Waals surface area contributed by atoms with E-state index >= 15 is 0 Å². The maximum atomic E-state index is 14.2. The van der Waals surface area contributed by atoms with Crippen LogP contribution in [-0.4, -0.2) is 73.9 Å². The SMILES string of the molecule is CC(O)C(=O)N1CCN2C(=O)c3cnc(C(=CC(=[NH2+])c4ccc(F)cc4)C(F)(F)F)n3C2(C)C1. The second-order valence-electron chi connectivity index (χ2n) is 8.43. The Hall–Kier alpha value is -3.54. The number of carbonyl (C=O) groups excluding carboxylic acids is 2. The molecule has 12 heteroatoms. The van der Waals surface area contributed by atoms with Crippen LogP contribution < -0.4 is 5.41 Å². The summed E-state index contributed by atoms with van der Waals surface area (Å²) in [6.07, 6.45) is -4.44. The van der Waals surface area contributed by atoms with Gasteiger partial charge >= 0.3 is 6.18 Å². The molecule has 4 rings (SSSR count). The predicted molar refractivity (Wildman–Crippen MR) is 112 cm³/mol. The van der Waals surface area contributed by atoms with Crippen molar-refractivity contribution in [2.24, 2.45) is 0 Å². The monoisotopic (exact) mass is 480 g/mol. The van der Waals surface area contributed by atoms with Gasteiger partial charge in [-0.15, -0.1) is 0 Å². The fourth-order valence-corrected chi connectivity index (χ4v) is 4.42. The molecule has 1 aromatic heterocycles. The van der Waals surface area contributed by atoms with Crippen molar-refractivity contribution in [1.29, 1.82) is 0 Å². The predicted octanol–water partition coefficient (Wildman–Crippen LogP) is 0.568. The first-order valence-corrected chi connectivity index (χ1v) is 10.4. The quantitative estimate of drug-likeness (QED) is 0.493. The number of allylic oxidation sites excluding steroid dienone is 2. The second kappa shape index (κ2) is 8.05. The van der Waals surface area contributed by atoms with Crippen LogP contribution in [-0.2, 0) is 10.5 Å². The molecule has 8 nitrogen and oxygen atoms in total. The summed E-state index contributed by atoms with van der Waals surface area (Å²) in [7, 11) is 0. The number of imidazole rings is 1. The van der Waals surface area contributed by atoms with Crippen molar-refractivity contribution in [3.05, 3.63) is 59.4 Å². The Labute approximate surface area is 191 Å². The molecule has 2 aromatic rings. The van der Waals surface area contributed by atoms with Crippen molar-refractivity contribution in [1.82, 2.24) is 19.4 Å². The molecule has 0 bridgehead atoms. The number of hydrogen-bond acceptors (Lipinski definition) is 4. The first-order chi connectivity index (χ1) is 15.8. The van der Waals surface area contributed by atoms with Crippen LogP contribution in [0.1, 0.15) is 35.7 Å². The molecule has 34 heavy (non-hydrogen) atoms. The highest BCUT2D eigenvalue weighted by Crippen LogP contribution is 2.42. The minimum Gasteiger partial charge on any atom is -0.384 e. The topological polar surface area (TPSA) is 104 Å². The van der Waals surface area contributed by atoms with E-state index in [0.717, 1.165) is 22.9 Å². The average molecular weight is 480 g/mol. The fourth-order valence-electron chi connectivity index (χ4n) is 4.42. The highest BCUT2D eigenvalue weighted by atomic mass is 19.4. The zero-order valence-electron chi connectivity index (χ0n) is 18.3. The Morgan fingerprint density at radius 2 is 1.91 bits per heavy atom. The molecule has 3 N–H and O–H groups in total. The van der Waals surface area contributed by atoms with Crippen molar-refractivity contribution in [3.63, 3.8) is 0 Å². The van der Waals surface area contributed by atoms with Crippen LogP contribution in [0.3, 0.4) is 0 Å². The van der Waals surface area contributed by atoms with Gasteiger partial charge in [-0.1, -0.05) is 0 Å². The summed E-state index contributed by atoms with van der Waals surface area (Å²) in [4.78, 5) is 31.9. The summed E-state index contributed by atoms with van der Waals surface area (Å²) < 4.78 is 57.0. The maximum Gasteiger partial charge on any atom is 0.420 e. The van der Waals surface area contributed by atoms with Crippen LogP contribution in [0.2, 0.25) is 0 Å². The van der Waals surface area contributed by atoms with E-state index in [-0.39, 0.29) is 36.6 Å². The number of aliphatic hydroxyl groups is 1. The highest BCUT2D eigenvalue weighted by Gasteiger charge is 2.53. The molecule has 2 aliphatic rings. The minimum absolute atomic E-state index is 0.0562. The summed E-state index contributed by atoms with van der Waals surface area (Å²) in [6.45, 7) is 2.90. The lowest BCUT2D eigenvalue weighted by molar-refractivity contribution is -0.145. The summed E-state index contributed by atoms with van der Waals surface area (Å²) in [5.74, 6) is -2.22. The number of benzene rings is 1. The molecule has 180 valence electrons. The Morgan fingerprint density at radius 1 is 1.26 bits per heavy atom. The lowest BCUT2D eigenvalue weighted by Crippen LogP contribution is -2.61. The smallest absolute Gasteiger partial charge is 0.384 e. The van der Waals surface area contributed by atoms with Crippen LogP contribution in [0.5, 0.6) is 0 Å². The summed E-state index contributed by atoms with van der Waals surface area (Å²) in [5, 5.41) is 15.6. The molecule has 0 saturated carbocycles. The number of rotatable bonds is 4. The van der Waals surface area contributed by atoms with Crippen LogP contribution >= 0.6 is 0 Å². The maximum absolute atomic E-state index is 14.2. The van der Waals surface area contributed by atoms with Gasteiger partial charge in [0.2, 0.25) is 5.71 Å². The van der Waals surface area contributed by atoms with Gasteiger partial charge in [-0.25, -0.2) is 9.37 Å². The molecule has 3 heterocycles. The van der Waals surface area contributed by atoms with Crippen LogP contribution in [0, 0.1) is 5.82 Å². The van der Waals surface area contributed by atoms with Crippen molar-refractivity contribution in [2.45, 2.75) is 31.8 Å². The standard InChI is InChI=1S/C22H21F4N5O3/c1-12(32)19(33)29-7-8-30-20(34)17-10-28-18(31(17)21(30,2)11-29)15(22(24,25)26)9-16(27)13-3-5-14(23)6-4-13/h3-6,9-10,12,27,32H,7-8,11H2,1-2H3/p+1. The number of carbonyl (C=O) groups is 2. The number of piperazine rings is 1. The number of nitrogens with two attached hydrogens (primary N) is 1. The Balaban J connectivity index is 1.81. The Morgan fingerprint density at radius 3 is 2.50 bits per heavy atom. The third-order valence-electron chi connectivity index (χ3n) is 6.07. The van der Waals surface area contributed by atoms with Gasteiger partial charge in [0.05, 0.1) is 12.7 Å². The van der Waals surface area contributed by atoms with E-state index in [2.05, 4.69) is 4.98 Å². The highest BCUT2D eigenvalue weighted by molar-refractivity contribution is 6.08. The first-order valence-electron chi connectivity index (χ1n) is 10.4. The number of aromatic nitrogens is 2. The lowest BCUT2D eigenvalue weighted by atomic mass is 10.0. The molecular formula is C22H22F4N5O3+. The van der Waals surface area contributed by atoms with E-state index in [0.29, 0.717) is 6.08 Å². The second-order valence-corrected chi connectivity index (χ2v) is 8.43. The van der Waals surface area contributed by atoms with E-state index in [1.54, 1.807) is 0 Å². The lowest BCUT2D eigenvalue weighted by Gasteiger charge is -2.46. The summed E-state index contributed by atoms with van der Waals surface area (Å²) in [6, 6.07) is 4.64. The number of alkyl halides is 3. The fraction of sp³-hybridized carbons (Fsp3) is 0.364. The van der Waals surface area contributed by atoms with Gasteiger partial charge in [-0.3, -0.25) is 19.6 Å². The van der Waals surface area contributed by atoms with E-state index in [1.165, 1.54) is 35.8 Å². The third kappa shape index (κ3) is 3.77. The number of amides is 2. The average Bonchev–Trinajstić information content (AvgIpc) is 3.29. The Kier molecular flexibility index (Phi) is 5.59. The molecule has 2 amide bonds. The molecule has 2 unspecified atom stereocenters. The first kappa shape index (κ1) is 23.6. The molecule has 0 spiro atoms. The van der Waals surface area contributed by atoms with Gasteiger partial charge in [0.1, 0.15) is 34.7 Å². The van der Waals surface area contributed by atoms with Crippen molar-refractivity contribution >= 4 is 23.1 Å². The number of aliphatic hydroxyl groups excluding tert-OH is 1. The Bertz CT molecular complexity index is 1200. The molecule has 0 aliphatic carbocycles. The van der Waals surface area contributed by atoms with Crippen molar-refractivity contribution < 1.29 is 37.7 Å². The van der Waals surface area contributed by atoms with E-state index in [4.69, 9.17) is 5.41 Å². The molecule has 2 atom stereocenters. The van der Waals surface area contributed by atoms with Crippen LogP contribution in [0.15, 0.2) is 36.5 Å². The van der Waals surface area contributed by atoms with Gasteiger partial charge in [0.15, 0.2) is 0 Å². The van der Waals surface area contributed by atoms with Gasteiger partial charge < -0.3 is 14.9 Å². The normalized spacial score (nSPS) is 21.4. The summed E-state index contributed by atoms with van der Waals surface area (Å²) in [5.41, 5.74) is -2.72. The van der Waals surface area contributed by atoms with Crippen LogP contribution in [0.4, 0.5) is 17.6 Å². The molecule has 1 fully saturated rings. The minimum atomic E-state index is -4.90. The molecular weight excluding hydrogens is 458 g/mol. The number of nitrogens with zero attached hydrogens (tertiary/aromatic N) is 4. The zero-order valence-corrected chi connectivity index (χ0v) is 18.3. The number of fused-ring (bicyclic) bond motifs is 3. The zero-order chi connectivity index (χ0) is 25.0. The molecule has 1 aromatic carbocycles.